The highest BCUT2D eigenvalue weighted by molar-refractivity contribution is 7.08. The molecule has 1 aliphatic heterocycles. The molecule has 6 nitrogen and oxygen atoms in total. The van der Waals surface area contributed by atoms with E-state index >= 15 is 0 Å². The van der Waals surface area contributed by atoms with Gasteiger partial charge >= 0.3 is 6.03 Å². The summed E-state index contributed by atoms with van der Waals surface area (Å²) < 4.78 is 1.87. The van der Waals surface area contributed by atoms with Crippen molar-refractivity contribution < 1.29 is 9.59 Å². The van der Waals surface area contributed by atoms with E-state index in [1.165, 1.54) is 16.2 Å². The highest BCUT2D eigenvalue weighted by Gasteiger charge is 2.49. The minimum absolute atomic E-state index is 0.159. The first-order valence-electron chi connectivity index (χ1n) is 7.17. The predicted molar refractivity (Wildman–Crippen MR) is 85.9 cm³/mol. The van der Waals surface area contributed by atoms with Gasteiger partial charge in [-0.2, -0.15) is 11.3 Å². The van der Waals surface area contributed by atoms with E-state index < -0.39 is 5.54 Å². The molecule has 3 amide bonds. The molecule has 1 atom stereocenters. The van der Waals surface area contributed by atoms with Gasteiger partial charge < -0.3 is 9.72 Å². The van der Waals surface area contributed by atoms with Gasteiger partial charge in [-0.25, -0.2) is 9.78 Å². The number of rotatable bonds is 3. The van der Waals surface area contributed by atoms with Crippen LogP contribution in [0.25, 0.3) is 5.65 Å². The van der Waals surface area contributed by atoms with E-state index in [2.05, 4.69) is 10.3 Å². The molecule has 3 aromatic rings. The van der Waals surface area contributed by atoms with E-state index in [0.717, 1.165) is 11.2 Å². The van der Waals surface area contributed by atoms with Crippen LogP contribution in [-0.4, -0.2) is 26.2 Å². The van der Waals surface area contributed by atoms with E-state index in [-0.39, 0.29) is 18.5 Å². The van der Waals surface area contributed by atoms with Gasteiger partial charge in [-0.1, -0.05) is 6.07 Å². The van der Waals surface area contributed by atoms with Gasteiger partial charge in [0.2, 0.25) is 0 Å². The number of urea groups is 1. The molecule has 1 fully saturated rings. The smallest absolute Gasteiger partial charge is 0.319 e. The Morgan fingerprint density at radius 3 is 2.91 bits per heavy atom. The van der Waals surface area contributed by atoms with Crippen molar-refractivity contribution in [3.05, 3.63) is 58.7 Å². The van der Waals surface area contributed by atoms with E-state index in [0.29, 0.717) is 5.69 Å². The van der Waals surface area contributed by atoms with E-state index in [1.807, 2.05) is 51.8 Å². The van der Waals surface area contributed by atoms with Crippen LogP contribution in [0.4, 0.5) is 4.79 Å². The average Bonchev–Trinajstić information content (AvgIpc) is 3.23. The largest absolute Gasteiger partial charge is 0.325 e. The van der Waals surface area contributed by atoms with Gasteiger partial charge in [-0.05, 0) is 41.4 Å². The summed E-state index contributed by atoms with van der Waals surface area (Å²) in [6.45, 7) is 1.89. The molecule has 3 aromatic heterocycles. The third-order valence-electron chi connectivity index (χ3n) is 4.11. The lowest BCUT2D eigenvalue weighted by molar-refractivity contribution is -0.131. The Morgan fingerprint density at radius 1 is 1.30 bits per heavy atom. The Labute approximate surface area is 136 Å². The summed E-state index contributed by atoms with van der Waals surface area (Å²) in [4.78, 5) is 30.7. The lowest BCUT2D eigenvalue weighted by atomic mass is 9.95. The lowest BCUT2D eigenvalue weighted by Crippen LogP contribution is -2.40. The molecule has 1 aliphatic rings. The fourth-order valence-electron chi connectivity index (χ4n) is 2.81. The maximum absolute atomic E-state index is 12.8. The number of fused-ring (bicyclic) bond motifs is 1. The van der Waals surface area contributed by atoms with Crippen LogP contribution in [0.15, 0.2) is 47.4 Å². The number of nitrogens with zero attached hydrogens (tertiary/aromatic N) is 3. The normalized spacial score (nSPS) is 21.2. The first-order valence-corrected chi connectivity index (χ1v) is 8.11. The Balaban J connectivity index is 1.64. The molecular weight excluding hydrogens is 312 g/mol. The molecule has 4 rings (SSSR count). The highest BCUT2D eigenvalue weighted by Crippen LogP contribution is 2.30. The molecule has 0 bridgehead atoms. The number of carbonyl (C=O) groups is 2. The van der Waals surface area contributed by atoms with Crippen LogP contribution < -0.4 is 5.32 Å². The zero-order valence-electron chi connectivity index (χ0n) is 12.4. The second kappa shape index (κ2) is 4.92. The van der Waals surface area contributed by atoms with Crippen molar-refractivity contribution in [2.24, 2.45) is 0 Å². The second-order valence-electron chi connectivity index (χ2n) is 5.66. The van der Waals surface area contributed by atoms with Crippen LogP contribution >= 0.6 is 11.3 Å². The molecule has 1 N–H and O–H groups in total. The number of pyridine rings is 1. The van der Waals surface area contributed by atoms with Crippen molar-refractivity contribution in [3.8, 4) is 0 Å². The van der Waals surface area contributed by atoms with Gasteiger partial charge in [-0.3, -0.25) is 9.69 Å². The number of imide groups is 1. The first-order chi connectivity index (χ1) is 11.1. The van der Waals surface area contributed by atoms with Crippen molar-refractivity contribution >= 4 is 28.9 Å². The summed E-state index contributed by atoms with van der Waals surface area (Å²) in [5.41, 5.74) is 1.26. The van der Waals surface area contributed by atoms with Gasteiger partial charge in [0.05, 0.1) is 12.2 Å². The molecule has 1 unspecified atom stereocenters. The molecule has 116 valence electrons. The molecule has 7 heteroatoms. The third-order valence-corrected chi connectivity index (χ3v) is 4.79. The van der Waals surface area contributed by atoms with Gasteiger partial charge in [0.15, 0.2) is 0 Å². The Morgan fingerprint density at radius 2 is 2.17 bits per heavy atom. The monoisotopic (exact) mass is 326 g/mol. The maximum Gasteiger partial charge on any atom is 0.325 e. The Bertz CT molecular complexity index is 869. The zero-order valence-corrected chi connectivity index (χ0v) is 13.2. The quantitative estimate of drug-likeness (QED) is 0.751. The number of hydrogen-bond acceptors (Lipinski definition) is 4. The van der Waals surface area contributed by atoms with Crippen molar-refractivity contribution in [2.75, 3.05) is 0 Å². The molecule has 0 aliphatic carbocycles. The second-order valence-corrected chi connectivity index (χ2v) is 6.44. The maximum atomic E-state index is 12.8. The summed E-state index contributed by atoms with van der Waals surface area (Å²) >= 11 is 1.50. The van der Waals surface area contributed by atoms with Crippen molar-refractivity contribution in [1.82, 2.24) is 19.6 Å². The molecule has 1 saturated heterocycles. The lowest BCUT2D eigenvalue weighted by Gasteiger charge is -2.20. The first kappa shape index (κ1) is 14.0. The number of imidazole rings is 1. The minimum Gasteiger partial charge on any atom is -0.319 e. The van der Waals surface area contributed by atoms with Crippen LogP contribution in [0.3, 0.4) is 0 Å². The average molecular weight is 326 g/mol. The molecule has 4 heterocycles. The molecule has 0 spiro atoms. The van der Waals surface area contributed by atoms with Crippen molar-refractivity contribution in [3.63, 3.8) is 0 Å². The zero-order chi connectivity index (χ0) is 16.0. The fraction of sp³-hybridized carbons (Fsp3) is 0.188. The summed E-state index contributed by atoms with van der Waals surface area (Å²) in [5.74, 6) is -0.252. The van der Waals surface area contributed by atoms with Gasteiger partial charge in [0.1, 0.15) is 11.2 Å². The number of hydrogen-bond donors (Lipinski definition) is 1. The number of amides is 3. The summed E-state index contributed by atoms with van der Waals surface area (Å²) in [5, 5.41) is 6.57. The highest BCUT2D eigenvalue weighted by atomic mass is 32.1. The third kappa shape index (κ3) is 2.12. The van der Waals surface area contributed by atoms with Crippen LogP contribution in [0.5, 0.6) is 0 Å². The summed E-state index contributed by atoms with van der Waals surface area (Å²) in [6, 6.07) is 7.15. The standard InChI is InChI=1S/C16H14N4O2S/c1-16(11-5-7-23-10-11)14(21)20(15(22)18-16)9-12-8-19-6-3-2-4-13(19)17-12/h2-8,10H,9H2,1H3,(H,18,22). The van der Waals surface area contributed by atoms with E-state index in [4.69, 9.17) is 0 Å². The number of thiophene rings is 1. The van der Waals surface area contributed by atoms with Crippen molar-refractivity contribution in [1.29, 1.82) is 0 Å². The van der Waals surface area contributed by atoms with Gasteiger partial charge in [-0.15, -0.1) is 0 Å². The predicted octanol–water partition coefficient (Wildman–Crippen LogP) is 2.36. The van der Waals surface area contributed by atoms with Crippen LogP contribution in [-0.2, 0) is 16.9 Å². The number of nitrogens with one attached hydrogen (secondary N) is 1. The van der Waals surface area contributed by atoms with E-state index in [1.54, 1.807) is 6.92 Å². The van der Waals surface area contributed by atoms with Crippen molar-refractivity contribution in [2.45, 2.75) is 19.0 Å². The molecule has 23 heavy (non-hydrogen) atoms. The van der Waals surface area contributed by atoms with Crippen LogP contribution in [0.1, 0.15) is 18.2 Å². The Hall–Kier alpha value is -2.67. The summed E-state index contributed by atoms with van der Waals surface area (Å²) in [6.07, 6.45) is 3.71. The Kier molecular flexibility index (Phi) is 2.99. The van der Waals surface area contributed by atoms with Crippen LogP contribution in [0, 0.1) is 0 Å². The molecular formula is C16H14N4O2S. The van der Waals surface area contributed by atoms with Gasteiger partial charge in [0, 0.05) is 12.4 Å². The van der Waals surface area contributed by atoms with Gasteiger partial charge in [0.25, 0.3) is 5.91 Å². The molecule has 0 radical (unpaired) electrons. The molecule has 0 saturated carbocycles. The minimum atomic E-state index is -1.00. The summed E-state index contributed by atoms with van der Waals surface area (Å²) in [7, 11) is 0. The fourth-order valence-corrected chi connectivity index (χ4v) is 3.58. The van der Waals surface area contributed by atoms with E-state index in [9.17, 15) is 9.59 Å². The molecule has 0 aromatic carbocycles. The van der Waals surface area contributed by atoms with Crippen LogP contribution in [0.2, 0.25) is 0 Å². The topological polar surface area (TPSA) is 66.7 Å². The number of aromatic nitrogens is 2. The number of carbonyl (C=O) groups excluding carboxylic acids is 2. The SMILES string of the molecule is CC1(c2ccsc2)NC(=O)N(Cc2cn3ccccc3n2)C1=O.